The number of methoxy groups -OCH3 is 1. The van der Waals surface area contributed by atoms with Gasteiger partial charge in [0.15, 0.2) is 0 Å². The molecule has 0 saturated heterocycles. The normalized spacial score (nSPS) is 10.2. The number of nitrogens with one attached hydrogen (secondary N) is 1. The molecule has 0 aliphatic carbocycles. The maximum Gasteiger partial charge on any atom is 0.248 e. The maximum absolute atomic E-state index is 11.3. The van der Waals surface area contributed by atoms with Crippen molar-refractivity contribution in [3.63, 3.8) is 0 Å². The predicted molar refractivity (Wildman–Crippen MR) is 92.3 cm³/mol. The molecule has 1 amide bonds. The van der Waals surface area contributed by atoms with Crippen molar-refractivity contribution in [2.45, 2.75) is 0 Å². The highest BCUT2D eigenvalue weighted by Gasteiger charge is 2.06. The summed E-state index contributed by atoms with van der Waals surface area (Å²) in [6.45, 7) is 0. The second kappa shape index (κ2) is 6.78. The Morgan fingerprint density at radius 1 is 1.12 bits per heavy atom. The summed E-state index contributed by atoms with van der Waals surface area (Å²) in [5, 5.41) is 3.13. The van der Waals surface area contributed by atoms with Gasteiger partial charge in [-0.2, -0.15) is 0 Å². The van der Waals surface area contributed by atoms with Gasteiger partial charge in [0.2, 0.25) is 11.9 Å². The first kappa shape index (κ1) is 15.5. The summed E-state index contributed by atoms with van der Waals surface area (Å²) >= 11 is 0. The van der Waals surface area contributed by atoms with Gasteiger partial charge in [0.05, 0.1) is 12.8 Å². The molecule has 0 atom stereocenters. The summed E-state index contributed by atoms with van der Waals surface area (Å²) in [4.78, 5) is 20.0. The van der Waals surface area contributed by atoms with E-state index >= 15 is 0 Å². The molecule has 0 bridgehead atoms. The maximum atomic E-state index is 11.3. The predicted octanol–water partition coefficient (Wildman–Crippen LogP) is 2.99. The molecular weight excluding hydrogens is 304 g/mol. The summed E-state index contributed by atoms with van der Waals surface area (Å²) in [6, 6.07) is 16.3. The lowest BCUT2D eigenvalue weighted by Crippen LogP contribution is -2.10. The number of ether oxygens (including phenoxy) is 1. The summed E-state index contributed by atoms with van der Waals surface area (Å²) in [6.07, 6.45) is 1.65. The Morgan fingerprint density at radius 3 is 2.75 bits per heavy atom. The fourth-order valence-corrected chi connectivity index (χ4v) is 2.24. The summed E-state index contributed by atoms with van der Waals surface area (Å²) in [7, 11) is 1.61. The lowest BCUT2D eigenvalue weighted by atomic mass is 10.1. The molecule has 0 unspecified atom stereocenters. The summed E-state index contributed by atoms with van der Waals surface area (Å²) in [5.41, 5.74) is 8.07. The largest absolute Gasteiger partial charge is 0.497 e. The van der Waals surface area contributed by atoms with E-state index in [-0.39, 0.29) is 0 Å². The molecule has 24 heavy (non-hydrogen) atoms. The molecule has 3 N–H and O–H groups in total. The number of hydrogen-bond acceptors (Lipinski definition) is 5. The summed E-state index contributed by atoms with van der Waals surface area (Å²) in [5.74, 6) is 0.719. The van der Waals surface area contributed by atoms with E-state index in [0.717, 1.165) is 17.0 Å². The van der Waals surface area contributed by atoms with Gasteiger partial charge >= 0.3 is 0 Å². The molecular formula is C18H16N4O2. The molecule has 0 saturated carbocycles. The van der Waals surface area contributed by atoms with Crippen molar-refractivity contribution in [3.8, 4) is 17.0 Å². The molecule has 3 rings (SSSR count). The van der Waals surface area contributed by atoms with Crippen molar-refractivity contribution >= 4 is 17.5 Å². The number of carbonyl (C=O) groups excluding carboxylic acids is 1. The lowest BCUT2D eigenvalue weighted by Gasteiger charge is -2.08. The van der Waals surface area contributed by atoms with Crippen LogP contribution < -0.4 is 15.8 Å². The lowest BCUT2D eigenvalue weighted by molar-refractivity contribution is 0.100. The first-order chi connectivity index (χ1) is 11.7. The molecule has 2 aromatic carbocycles. The Kier molecular flexibility index (Phi) is 4.38. The van der Waals surface area contributed by atoms with Gasteiger partial charge in [-0.3, -0.25) is 4.79 Å². The molecule has 1 heterocycles. The van der Waals surface area contributed by atoms with Crippen molar-refractivity contribution in [2.75, 3.05) is 12.4 Å². The van der Waals surface area contributed by atoms with Crippen LogP contribution in [0.15, 0.2) is 60.8 Å². The minimum Gasteiger partial charge on any atom is -0.497 e. The van der Waals surface area contributed by atoms with E-state index < -0.39 is 5.91 Å². The molecule has 120 valence electrons. The van der Waals surface area contributed by atoms with Gasteiger partial charge in [0.1, 0.15) is 5.75 Å². The standard InChI is InChI=1S/C18H16N4O2/c1-24-15-7-3-6-14(11-15)21-18-20-9-8-16(22-18)12-4-2-5-13(10-12)17(19)23/h2-11H,1H3,(H2,19,23)(H,20,21,22). The monoisotopic (exact) mass is 320 g/mol. The fraction of sp³-hybridized carbons (Fsp3) is 0.0556. The highest BCUT2D eigenvalue weighted by Crippen LogP contribution is 2.22. The third kappa shape index (κ3) is 3.49. The molecule has 6 heteroatoms. The van der Waals surface area contributed by atoms with Gasteiger partial charge in [0.25, 0.3) is 0 Å². The van der Waals surface area contributed by atoms with Gasteiger partial charge in [0, 0.05) is 29.1 Å². The van der Waals surface area contributed by atoms with E-state index in [0.29, 0.717) is 17.2 Å². The molecule has 0 aliphatic heterocycles. The Labute approximate surface area is 139 Å². The van der Waals surface area contributed by atoms with Gasteiger partial charge < -0.3 is 15.8 Å². The second-order valence-corrected chi connectivity index (χ2v) is 5.07. The van der Waals surface area contributed by atoms with E-state index in [2.05, 4.69) is 15.3 Å². The van der Waals surface area contributed by atoms with Gasteiger partial charge in [-0.05, 0) is 30.3 Å². The quantitative estimate of drug-likeness (QED) is 0.754. The Hall–Kier alpha value is -3.41. The Bertz CT molecular complexity index is 880. The topological polar surface area (TPSA) is 90.1 Å². The SMILES string of the molecule is COc1cccc(Nc2nccc(-c3cccc(C(N)=O)c3)n2)c1. The molecule has 6 nitrogen and oxygen atoms in total. The Morgan fingerprint density at radius 2 is 1.96 bits per heavy atom. The van der Waals surface area contributed by atoms with Crippen molar-refractivity contribution in [1.29, 1.82) is 0 Å². The highest BCUT2D eigenvalue weighted by atomic mass is 16.5. The third-order valence-corrected chi connectivity index (χ3v) is 3.42. The molecule has 0 radical (unpaired) electrons. The first-order valence-corrected chi connectivity index (χ1v) is 7.30. The van der Waals surface area contributed by atoms with Crippen LogP contribution in [0.3, 0.4) is 0 Å². The number of amides is 1. The molecule has 1 aromatic heterocycles. The van der Waals surface area contributed by atoms with Crippen molar-refractivity contribution in [3.05, 3.63) is 66.4 Å². The number of primary amides is 1. The number of benzene rings is 2. The van der Waals surface area contributed by atoms with E-state index in [1.807, 2.05) is 30.3 Å². The van der Waals surface area contributed by atoms with Crippen LogP contribution in [0.25, 0.3) is 11.3 Å². The van der Waals surface area contributed by atoms with Crippen molar-refractivity contribution in [2.24, 2.45) is 5.73 Å². The van der Waals surface area contributed by atoms with Crippen molar-refractivity contribution in [1.82, 2.24) is 9.97 Å². The average molecular weight is 320 g/mol. The highest BCUT2D eigenvalue weighted by molar-refractivity contribution is 5.94. The number of rotatable bonds is 5. The third-order valence-electron chi connectivity index (χ3n) is 3.42. The van der Waals surface area contributed by atoms with Crippen LogP contribution in [0.5, 0.6) is 5.75 Å². The van der Waals surface area contributed by atoms with Crippen LogP contribution in [-0.2, 0) is 0 Å². The average Bonchev–Trinajstić information content (AvgIpc) is 2.62. The summed E-state index contributed by atoms with van der Waals surface area (Å²) < 4.78 is 5.20. The van der Waals surface area contributed by atoms with Crippen LogP contribution in [0, 0.1) is 0 Å². The number of nitrogens with zero attached hydrogens (tertiary/aromatic N) is 2. The number of nitrogens with two attached hydrogens (primary N) is 1. The minimum absolute atomic E-state index is 0.438. The van der Waals surface area contributed by atoms with Crippen molar-refractivity contribution < 1.29 is 9.53 Å². The number of anilines is 2. The Balaban J connectivity index is 1.89. The van der Waals surface area contributed by atoms with Crippen LogP contribution in [-0.4, -0.2) is 23.0 Å². The van der Waals surface area contributed by atoms with Crippen LogP contribution in [0.4, 0.5) is 11.6 Å². The fourth-order valence-electron chi connectivity index (χ4n) is 2.24. The zero-order valence-corrected chi connectivity index (χ0v) is 13.1. The zero-order chi connectivity index (χ0) is 16.9. The molecule has 0 aliphatic rings. The minimum atomic E-state index is -0.472. The number of aromatic nitrogens is 2. The number of carbonyl (C=O) groups is 1. The van der Waals surface area contributed by atoms with Crippen LogP contribution >= 0.6 is 0 Å². The molecule has 0 spiro atoms. The van der Waals surface area contributed by atoms with Gasteiger partial charge in [-0.25, -0.2) is 9.97 Å². The molecule has 3 aromatic rings. The van der Waals surface area contributed by atoms with Crippen LogP contribution in [0.1, 0.15) is 10.4 Å². The molecule has 0 fully saturated rings. The van der Waals surface area contributed by atoms with E-state index in [4.69, 9.17) is 10.5 Å². The van der Waals surface area contributed by atoms with Gasteiger partial charge in [-0.1, -0.05) is 18.2 Å². The smallest absolute Gasteiger partial charge is 0.248 e. The number of hydrogen-bond donors (Lipinski definition) is 2. The van der Waals surface area contributed by atoms with Crippen LogP contribution in [0.2, 0.25) is 0 Å². The van der Waals surface area contributed by atoms with E-state index in [9.17, 15) is 4.79 Å². The zero-order valence-electron chi connectivity index (χ0n) is 13.1. The van der Waals surface area contributed by atoms with E-state index in [1.165, 1.54) is 0 Å². The second-order valence-electron chi connectivity index (χ2n) is 5.07. The van der Waals surface area contributed by atoms with E-state index in [1.54, 1.807) is 37.6 Å². The van der Waals surface area contributed by atoms with Gasteiger partial charge in [-0.15, -0.1) is 0 Å². The first-order valence-electron chi connectivity index (χ1n) is 7.30.